The lowest BCUT2D eigenvalue weighted by molar-refractivity contribution is 0.102. The summed E-state index contributed by atoms with van der Waals surface area (Å²) in [5, 5.41) is 12.4. The summed E-state index contributed by atoms with van der Waals surface area (Å²) in [6.07, 6.45) is 0. The quantitative estimate of drug-likeness (QED) is 0.846. The largest absolute Gasteiger partial charge is 0.494 e. The number of aryl methyl sites for hydroxylation is 1. The number of amides is 1. The molecule has 0 saturated carbocycles. The van der Waals surface area contributed by atoms with Crippen LogP contribution in [0.4, 0.5) is 5.69 Å². The molecule has 24 heavy (non-hydrogen) atoms. The minimum absolute atomic E-state index is 0.138. The molecule has 5 nitrogen and oxygen atoms in total. The summed E-state index contributed by atoms with van der Waals surface area (Å²) in [7, 11) is 0. The Hall–Kier alpha value is -2.27. The number of carbonyl (C=O) groups excluding carboxylic acids is 1. The van der Waals surface area contributed by atoms with Gasteiger partial charge in [-0.15, -0.1) is 0 Å². The minimum Gasteiger partial charge on any atom is -0.494 e. The number of aliphatic hydroxyl groups excluding tert-OH is 1. The van der Waals surface area contributed by atoms with Gasteiger partial charge in [0.15, 0.2) is 0 Å². The molecule has 0 bridgehead atoms. The number of aliphatic hydroxyl groups is 1. The van der Waals surface area contributed by atoms with E-state index >= 15 is 0 Å². The van der Waals surface area contributed by atoms with Crippen molar-refractivity contribution in [2.24, 2.45) is 0 Å². The Morgan fingerprint density at radius 2 is 2.00 bits per heavy atom. The smallest absolute Gasteiger partial charge is 0.257 e. The first-order valence-electron chi connectivity index (χ1n) is 8.25. The van der Waals surface area contributed by atoms with Crippen LogP contribution in [0.2, 0.25) is 0 Å². The Morgan fingerprint density at radius 1 is 1.29 bits per heavy atom. The van der Waals surface area contributed by atoms with Crippen LogP contribution in [-0.2, 0) is 6.61 Å². The first-order chi connectivity index (χ1) is 11.4. The van der Waals surface area contributed by atoms with Crippen LogP contribution in [0.15, 0.2) is 24.3 Å². The third-order valence-electron chi connectivity index (χ3n) is 4.03. The SMILES string of the molecule is CCOc1ccc(NC(=O)c2cc(C)n(C(C)C)c2C)cc1CO. The third kappa shape index (κ3) is 3.62. The van der Waals surface area contributed by atoms with Gasteiger partial charge >= 0.3 is 0 Å². The number of rotatable bonds is 6. The van der Waals surface area contributed by atoms with E-state index in [1.54, 1.807) is 18.2 Å². The molecule has 0 saturated heterocycles. The number of hydrogen-bond donors (Lipinski definition) is 2. The van der Waals surface area contributed by atoms with E-state index in [2.05, 4.69) is 23.7 Å². The predicted octanol–water partition coefficient (Wildman–Crippen LogP) is 3.83. The van der Waals surface area contributed by atoms with Gasteiger partial charge in [-0.25, -0.2) is 0 Å². The summed E-state index contributed by atoms with van der Waals surface area (Å²) in [4.78, 5) is 12.6. The van der Waals surface area contributed by atoms with Crippen molar-refractivity contribution in [2.45, 2.75) is 47.3 Å². The Balaban J connectivity index is 2.26. The highest BCUT2D eigenvalue weighted by atomic mass is 16.5. The van der Waals surface area contributed by atoms with E-state index in [1.807, 2.05) is 26.8 Å². The van der Waals surface area contributed by atoms with E-state index in [0.29, 0.717) is 35.2 Å². The first kappa shape index (κ1) is 18.1. The van der Waals surface area contributed by atoms with Crippen molar-refractivity contribution < 1.29 is 14.6 Å². The molecule has 0 aliphatic rings. The molecule has 2 aromatic rings. The van der Waals surface area contributed by atoms with Crippen LogP contribution >= 0.6 is 0 Å². The molecule has 0 radical (unpaired) electrons. The van der Waals surface area contributed by atoms with Gasteiger partial charge in [0.25, 0.3) is 5.91 Å². The van der Waals surface area contributed by atoms with Gasteiger partial charge in [0.2, 0.25) is 0 Å². The van der Waals surface area contributed by atoms with E-state index in [4.69, 9.17) is 4.74 Å². The van der Waals surface area contributed by atoms with Gasteiger partial charge in [0, 0.05) is 28.7 Å². The van der Waals surface area contributed by atoms with E-state index in [-0.39, 0.29) is 12.5 Å². The Kier molecular flexibility index (Phi) is 5.67. The molecule has 1 heterocycles. The van der Waals surface area contributed by atoms with Crippen LogP contribution in [0.25, 0.3) is 0 Å². The zero-order valence-corrected chi connectivity index (χ0v) is 15.0. The number of carbonyl (C=O) groups is 1. The summed E-state index contributed by atoms with van der Waals surface area (Å²) >= 11 is 0. The highest BCUT2D eigenvalue weighted by Crippen LogP contribution is 2.25. The number of hydrogen-bond acceptors (Lipinski definition) is 3. The molecule has 0 fully saturated rings. The topological polar surface area (TPSA) is 63.5 Å². The lowest BCUT2D eigenvalue weighted by atomic mass is 10.1. The molecule has 1 aromatic heterocycles. The molecular formula is C19H26N2O3. The molecule has 0 spiro atoms. The molecule has 2 N–H and O–H groups in total. The molecule has 1 amide bonds. The van der Waals surface area contributed by atoms with Crippen molar-refractivity contribution in [3.63, 3.8) is 0 Å². The molecular weight excluding hydrogens is 304 g/mol. The van der Waals surface area contributed by atoms with Crippen molar-refractivity contribution in [2.75, 3.05) is 11.9 Å². The minimum atomic E-state index is -0.150. The van der Waals surface area contributed by atoms with Gasteiger partial charge in [0.1, 0.15) is 5.75 Å². The van der Waals surface area contributed by atoms with Crippen LogP contribution < -0.4 is 10.1 Å². The monoisotopic (exact) mass is 330 g/mol. The van der Waals surface area contributed by atoms with Crippen LogP contribution in [-0.4, -0.2) is 22.2 Å². The molecule has 1 aromatic carbocycles. The van der Waals surface area contributed by atoms with E-state index in [1.165, 1.54) is 0 Å². The van der Waals surface area contributed by atoms with Crippen molar-refractivity contribution in [1.82, 2.24) is 4.57 Å². The summed E-state index contributed by atoms with van der Waals surface area (Å²) in [6, 6.07) is 7.50. The highest BCUT2D eigenvalue weighted by Gasteiger charge is 2.17. The number of aromatic nitrogens is 1. The molecule has 130 valence electrons. The Morgan fingerprint density at radius 3 is 2.54 bits per heavy atom. The second-order valence-electron chi connectivity index (χ2n) is 6.12. The predicted molar refractivity (Wildman–Crippen MR) is 95.8 cm³/mol. The number of ether oxygens (including phenoxy) is 1. The van der Waals surface area contributed by atoms with Crippen LogP contribution in [0.3, 0.4) is 0 Å². The fourth-order valence-corrected chi connectivity index (χ4v) is 3.08. The lowest BCUT2D eigenvalue weighted by Gasteiger charge is -2.14. The average Bonchev–Trinajstić information content (AvgIpc) is 2.83. The van der Waals surface area contributed by atoms with E-state index in [9.17, 15) is 9.90 Å². The summed E-state index contributed by atoms with van der Waals surface area (Å²) in [6.45, 7) is 10.4. The van der Waals surface area contributed by atoms with Crippen LogP contribution in [0.1, 0.15) is 54.1 Å². The lowest BCUT2D eigenvalue weighted by Crippen LogP contribution is -2.14. The molecule has 0 atom stereocenters. The van der Waals surface area contributed by atoms with Gasteiger partial charge in [-0.2, -0.15) is 0 Å². The van der Waals surface area contributed by atoms with Gasteiger partial charge in [-0.1, -0.05) is 0 Å². The van der Waals surface area contributed by atoms with Gasteiger partial charge < -0.3 is 19.7 Å². The zero-order chi connectivity index (χ0) is 17.9. The maximum atomic E-state index is 12.6. The van der Waals surface area contributed by atoms with Gasteiger partial charge in [0.05, 0.1) is 18.8 Å². The number of nitrogens with zero attached hydrogens (tertiary/aromatic N) is 1. The zero-order valence-electron chi connectivity index (χ0n) is 15.0. The normalized spacial score (nSPS) is 11.0. The van der Waals surface area contributed by atoms with Crippen molar-refractivity contribution in [3.8, 4) is 5.75 Å². The van der Waals surface area contributed by atoms with Crippen LogP contribution in [0.5, 0.6) is 5.75 Å². The fourth-order valence-electron chi connectivity index (χ4n) is 3.08. The maximum absolute atomic E-state index is 12.6. The second kappa shape index (κ2) is 7.53. The van der Waals surface area contributed by atoms with Crippen molar-refractivity contribution in [3.05, 3.63) is 46.8 Å². The molecule has 5 heteroatoms. The molecule has 0 aliphatic carbocycles. The summed E-state index contributed by atoms with van der Waals surface area (Å²) in [5.74, 6) is 0.485. The fraction of sp³-hybridized carbons (Fsp3) is 0.421. The molecule has 2 rings (SSSR count). The number of benzene rings is 1. The maximum Gasteiger partial charge on any atom is 0.257 e. The highest BCUT2D eigenvalue weighted by molar-refractivity contribution is 6.05. The van der Waals surface area contributed by atoms with E-state index in [0.717, 1.165) is 11.4 Å². The number of nitrogens with one attached hydrogen (secondary N) is 1. The van der Waals surface area contributed by atoms with Crippen LogP contribution in [0, 0.1) is 13.8 Å². The average molecular weight is 330 g/mol. The summed E-state index contributed by atoms with van der Waals surface area (Å²) in [5.41, 5.74) is 3.98. The molecule has 0 unspecified atom stereocenters. The van der Waals surface area contributed by atoms with Gasteiger partial charge in [-0.05, 0) is 58.9 Å². The Labute approximate surface area is 143 Å². The standard InChI is InChI=1S/C19H26N2O3/c1-6-24-18-8-7-16(10-15(18)11-22)20-19(23)17-9-13(4)21(12(2)3)14(17)5/h7-10,12,22H,6,11H2,1-5H3,(H,20,23). The van der Waals surface area contributed by atoms with Gasteiger partial charge in [-0.3, -0.25) is 4.79 Å². The van der Waals surface area contributed by atoms with Crippen molar-refractivity contribution >= 4 is 11.6 Å². The third-order valence-corrected chi connectivity index (χ3v) is 4.03. The van der Waals surface area contributed by atoms with Crippen molar-refractivity contribution in [1.29, 1.82) is 0 Å². The Bertz CT molecular complexity index is 732. The molecule has 0 aliphatic heterocycles. The van der Waals surface area contributed by atoms with E-state index < -0.39 is 0 Å². The summed E-state index contributed by atoms with van der Waals surface area (Å²) < 4.78 is 7.61. The number of anilines is 1. The second-order valence-corrected chi connectivity index (χ2v) is 6.12. The first-order valence-corrected chi connectivity index (χ1v) is 8.25.